The summed E-state index contributed by atoms with van der Waals surface area (Å²) in [5, 5.41) is 15.8. The molecule has 0 atom stereocenters. The number of aromatic nitrogens is 4. The number of fused-ring (bicyclic) bond motifs is 1. The number of hydrogen-bond donors (Lipinski definition) is 2. The van der Waals surface area contributed by atoms with E-state index in [4.69, 9.17) is 0 Å². The van der Waals surface area contributed by atoms with Gasteiger partial charge < -0.3 is 0 Å². The molecule has 2 aromatic carbocycles. The second-order valence-electron chi connectivity index (χ2n) is 5.41. The number of non-ortho nitro benzene ring substituents is 1. The van der Waals surface area contributed by atoms with Gasteiger partial charge in [-0.05, 0) is 24.3 Å². The van der Waals surface area contributed by atoms with Gasteiger partial charge in [-0.25, -0.2) is 14.6 Å². The summed E-state index contributed by atoms with van der Waals surface area (Å²) in [6.45, 7) is 0. The maximum Gasteiger partial charge on any atom is 0.269 e. The summed E-state index contributed by atoms with van der Waals surface area (Å²) in [6.07, 6.45) is 3.13. The Balaban J connectivity index is 1.59. The molecule has 9 nitrogen and oxygen atoms in total. The Morgan fingerprint density at radius 2 is 1.73 bits per heavy atom. The van der Waals surface area contributed by atoms with Gasteiger partial charge in [-0.15, -0.1) is 0 Å². The summed E-state index contributed by atoms with van der Waals surface area (Å²) < 4.78 is 1.73. The molecule has 0 bridgehead atoms. The van der Waals surface area contributed by atoms with Gasteiger partial charge in [0.15, 0.2) is 11.5 Å². The third kappa shape index (κ3) is 2.88. The van der Waals surface area contributed by atoms with E-state index < -0.39 is 4.92 Å². The van der Waals surface area contributed by atoms with Gasteiger partial charge in [-0.1, -0.05) is 18.2 Å². The third-order valence-electron chi connectivity index (χ3n) is 3.77. The van der Waals surface area contributed by atoms with Crippen molar-refractivity contribution in [3.05, 3.63) is 77.2 Å². The van der Waals surface area contributed by atoms with Gasteiger partial charge in [0.2, 0.25) is 0 Å². The highest BCUT2D eigenvalue weighted by Crippen LogP contribution is 2.22. The zero-order valence-corrected chi connectivity index (χ0v) is 13.4. The molecule has 0 unspecified atom stereocenters. The Labute approximate surface area is 147 Å². The Morgan fingerprint density at radius 1 is 0.962 bits per heavy atom. The molecule has 0 amide bonds. The lowest BCUT2D eigenvalue weighted by atomic mass is 10.3. The first-order valence-electron chi connectivity index (χ1n) is 7.73. The normalized spacial score (nSPS) is 10.6. The highest BCUT2D eigenvalue weighted by molar-refractivity contribution is 5.87. The number of hydrogen-bond acceptors (Lipinski definition) is 7. The first kappa shape index (κ1) is 15.5. The predicted molar refractivity (Wildman–Crippen MR) is 97.0 cm³/mol. The van der Waals surface area contributed by atoms with E-state index in [-0.39, 0.29) is 5.69 Å². The SMILES string of the molecule is O=[N+]([O-])c1ccc(NNc2ncnc3c2cnn3-c2ccccc2)cc1. The number of benzene rings is 2. The predicted octanol–water partition coefficient (Wildman–Crippen LogP) is 3.16. The van der Waals surface area contributed by atoms with Crippen LogP contribution in [0.4, 0.5) is 17.2 Å². The first-order valence-corrected chi connectivity index (χ1v) is 7.73. The van der Waals surface area contributed by atoms with Crippen molar-refractivity contribution in [2.24, 2.45) is 0 Å². The van der Waals surface area contributed by atoms with Crippen molar-refractivity contribution in [3.8, 4) is 5.69 Å². The highest BCUT2D eigenvalue weighted by Gasteiger charge is 2.11. The van der Waals surface area contributed by atoms with Crippen molar-refractivity contribution in [2.45, 2.75) is 0 Å². The van der Waals surface area contributed by atoms with Gasteiger partial charge in [-0.2, -0.15) is 5.10 Å². The Bertz CT molecular complexity index is 1060. The summed E-state index contributed by atoms with van der Waals surface area (Å²) in [7, 11) is 0. The molecule has 0 aliphatic rings. The molecule has 0 spiro atoms. The van der Waals surface area contributed by atoms with Crippen LogP contribution in [0.25, 0.3) is 16.7 Å². The molecule has 2 aromatic heterocycles. The standard InChI is InChI=1S/C17H13N7O2/c25-24(26)14-8-6-12(7-9-14)21-22-16-15-10-20-23(17(15)19-11-18-16)13-4-2-1-3-5-13/h1-11,21H,(H,18,19,22). The van der Waals surface area contributed by atoms with Crippen molar-refractivity contribution in [1.29, 1.82) is 0 Å². The molecule has 2 N–H and O–H groups in total. The zero-order chi connectivity index (χ0) is 17.9. The van der Waals surface area contributed by atoms with Crippen molar-refractivity contribution >= 4 is 28.2 Å². The number of nitro groups is 1. The highest BCUT2D eigenvalue weighted by atomic mass is 16.6. The van der Waals surface area contributed by atoms with Gasteiger partial charge in [0.05, 0.1) is 27.9 Å². The number of nitro benzene ring substituents is 1. The van der Waals surface area contributed by atoms with E-state index in [9.17, 15) is 10.1 Å². The third-order valence-corrected chi connectivity index (χ3v) is 3.77. The van der Waals surface area contributed by atoms with E-state index in [1.54, 1.807) is 23.0 Å². The van der Waals surface area contributed by atoms with Crippen LogP contribution in [-0.2, 0) is 0 Å². The van der Waals surface area contributed by atoms with Crippen molar-refractivity contribution in [1.82, 2.24) is 19.7 Å². The maximum absolute atomic E-state index is 10.7. The number of anilines is 2. The van der Waals surface area contributed by atoms with Crippen LogP contribution in [0.3, 0.4) is 0 Å². The minimum absolute atomic E-state index is 0.0316. The van der Waals surface area contributed by atoms with Gasteiger partial charge in [0, 0.05) is 12.1 Å². The van der Waals surface area contributed by atoms with Gasteiger partial charge in [0.25, 0.3) is 5.69 Å². The molecule has 0 saturated heterocycles. The number of hydrazine groups is 1. The van der Waals surface area contributed by atoms with Crippen LogP contribution < -0.4 is 10.9 Å². The van der Waals surface area contributed by atoms with Crippen LogP contribution in [-0.4, -0.2) is 24.7 Å². The van der Waals surface area contributed by atoms with Crippen molar-refractivity contribution in [3.63, 3.8) is 0 Å². The molecule has 0 saturated carbocycles. The summed E-state index contributed by atoms with van der Waals surface area (Å²) in [6, 6.07) is 15.7. The minimum atomic E-state index is -0.441. The molecule has 4 aromatic rings. The Morgan fingerprint density at radius 3 is 2.46 bits per heavy atom. The largest absolute Gasteiger partial charge is 0.300 e. The lowest BCUT2D eigenvalue weighted by Gasteiger charge is -2.09. The van der Waals surface area contributed by atoms with Gasteiger partial charge >= 0.3 is 0 Å². The number of nitrogens with one attached hydrogen (secondary N) is 2. The Kier molecular flexibility index (Phi) is 3.86. The smallest absolute Gasteiger partial charge is 0.269 e. The van der Waals surface area contributed by atoms with Crippen LogP contribution in [0.2, 0.25) is 0 Å². The molecule has 9 heteroatoms. The van der Waals surface area contributed by atoms with Crippen LogP contribution in [0.15, 0.2) is 67.1 Å². The summed E-state index contributed by atoms with van der Waals surface area (Å²) in [5.74, 6) is 0.551. The molecule has 128 valence electrons. The molecule has 2 heterocycles. The zero-order valence-electron chi connectivity index (χ0n) is 13.4. The topological polar surface area (TPSA) is 111 Å². The molecule has 0 fully saturated rings. The molecular weight excluding hydrogens is 334 g/mol. The van der Waals surface area contributed by atoms with Crippen molar-refractivity contribution < 1.29 is 4.92 Å². The van der Waals surface area contributed by atoms with E-state index in [0.29, 0.717) is 17.2 Å². The lowest BCUT2D eigenvalue weighted by Crippen LogP contribution is -2.10. The lowest BCUT2D eigenvalue weighted by molar-refractivity contribution is -0.384. The minimum Gasteiger partial charge on any atom is -0.300 e. The fourth-order valence-electron chi connectivity index (χ4n) is 2.50. The van der Waals surface area contributed by atoms with E-state index in [2.05, 4.69) is 25.9 Å². The molecule has 0 aliphatic heterocycles. The molecule has 0 radical (unpaired) electrons. The Hall–Kier alpha value is -4.01. The van der Waals surface area contributed by atoms with Crippen LogP contribution in [0, 0.1) is 10.1 Å². The average molecular weight is 347 g/mol. The number of para-hydroxylation sites is 1. The van der Waals surface area contributed by atoms with E-state index >= 15 is 0 Å². The second kappa shape index (κ2) is 6.48. The average Bonchev–Trinajstić information content (AvgIpc) is 3.12. The number of nitrogens with zero attached hydrogens (tertiary/aromatic N) is 5. The monoisotopic (exact) mass is 347 g/mol. The van der Waals surface area contributed by atoms with E-state index in [1.165, 1.54) is 18.5 Å². The van der Waals surface area contributed by atoms with Crippen LogP contribution in [0.5, 0.6) is 0 Å². The van der Waals surface area contributed by atoms with E-state index in [0.717, 1.165) is 11.1 Å². The number of rotatable bonds is 5. The first-order chi connectivity index (χ1) is 12.7. The maximum atomic E-state index is 10.7. The second-order valence-corrected chi connectivity index (χ2v) is 5.41. The molecular formula is C17H13N7O2. The van der Waals surface area contributed by atoms with Crippen LogP contribution >= 0.6 is 0 Å². The van der Waals surface area contributed by atoms with Crippen molar-refractivity contribution in [2.75, 3.05) is 10.9 Å². The van der Waals surface area contributed by atoms with Gasteiger partial charge in [0.1, 0.15) is 6.33 Å². The van der Waals surface area contributed by atoms with Crippen LogP contribution in [0.1, 0.15) is 0 Å². The summed E-state index contributed by atoms with van der Waals surface area (Å²) in [5.41, 5.74) is 8.22. The van der Waals surface area contributed by atoms with E-state index in [1.807, 2.05) is 30.3 Å². The summed E-state index contributed by atoms with van der Waals surface area (Å²) in [4.78, 5) is 18.8. The fraction of sp³-hybridized carbons (Fsp3) is 0. The molecule has 0 aliphatic carbocycles. The molecule has 4 rings (SSSR count). The quantitative estimate of drug-likeness (QED) is 0.421. The molecule has 26 heavy (non-hydrogen) atoms. The fourth-order valence-corrected chi connectivity index (χ4v) is 2.50. The summed E-state index contributed by atoms with van der Waals surface area (Å²) >= 11 is 0. The van der Waals surface area contributed by atoms with Gasteiger partial charge in [-0.3, -0.25) is 21.0 Å².